The van der Waals surface area contributed by atoms with Crippen molar-refractivity contribution in [3.8, 4) is 5.75 Å². The van der Waals surface area contributed by atoms with E-state index in [1.165, 1.54) is 36.5 Å². The summed E-state index contributed by atoms with van der Waals surface area (Å²) in [5.74, 6) is -0.702. The summed E-state index contributed by atoms with van der Waals surface area (Å²) >= 11 is 1.54. The number of hydrogen-bond acceptors (Lipinski definition) is 7. The van der Waals surface area contributed by atoms with Crippen LogP contribution in [0, 0.1) is 0 Å². The highest BCUT2D eigenvalue weighted by molar-refractivity contribution is 7.10. The zero-order chi connectivity index (χ0) is 19.8. The van der Waals surface area contributed by atoms with E-state index in [0.717, 1.165) is 10.4 Å². The maximum Gasteiger partial charge on any atom is 0.349 e. The minimum atomic E-state index is -0.882. The third-order valence-corrected chi connectivity index (χ3v) is 5.82. The van der Waals surface area contributed by atoms with Gasteiger partial charge in [-0.3, -0.25) is 4.79 Å². The number of hydrogen-bond donors (Lipinski definition) is 0. The number of benzene rings is 1. The van der Waals surface area contributed by atoms with E-state index < -0.39 is 23.5 Å². The van der Waals surface area contributed by atoms with Gasteiger partial charge in [0, 0.05) is 16.8 Å². The van der Waals surface area contributed by atoms with Crippen molar-refractivity contribution in [1.82, 2.24) is 4.90 Å². The van der Waals surface area contributed by atoms with Crippen LogP contribution in [0.2, 0.25) is 0 Å². The molecule has 1 aliphatic heterocycles. The van der Waals surface area contributed by atoms with Crippen molar-refractivity contribution in [2.45, 2.75) is 12.5 Å². The lowest BCUT2D eigenvalue weighted by Gasteiger charge is -2.33. The van der Waals surface area contributed by atoms with Crippen molar-refractivity contribution < 1.29 is 23.5 Å². The molecule has 0 radical (unpaired) electrons. The Morgan fingerprint density at radius 1 is 1.25 bits per heavy atom. The van der Waals surface area contributed by atoms with Crippen molar-refractivity contribution in [1.29, 1.82) is 0 Å². The van der Waals surface area contributed by atoms with Crippen molar-refractivity contribution in [3.05, 3.63) is 62.1 Å². The van der Waals surface area contributed by atoms with Crippen LogP contribution in [-0.4, -0.2) is 37.5 Å². The molecule has 28 heavy (non-hydrogen) atoms. The van der Waals surface area contributed by atoms with Crippen LogP contribution in [0.25, 0.3) is 11.0 Å². The SMILES string of the molecule is COC(=O)C1c2ccsc2CCN1C(=O)c1cc2cccc(OC)c2oc1=O. The van der Waals surface area contributed by atoms with Crippen LogP contribution in [0.5, 0.6) is 5.75 Å². The van der Waals surface area contributed by atoms with Gasteiger partial charge in [-0.1, -0.05) is 12.1 Å². The fourth-order valence-corrected chi connectivity index (χ4v) is 4.39. The Hall–Kier alpha value is -3.13. The summed E-state index contributed by atoms with van der Waals surface area (Å²) in [6.07, 6.45) is 0.610. The largest absolute Gasteiger partial charge is 0.493 e. The second-order valence-corrected chi connectivity index (χ2v) is 7.30. The Morgan fingerprint density at radius 2 is 2.07 bits per heavy atom. The van der Waals surface area contributed by atoms with Crippen LogP contribution in [-0.2, 0) is 16.0 Å². The Balaban J connectivity index is 1.79. The molecule has 4 rings (SSSR count). The summed E-state index contributed by atoms with van der Waals surface area (Å²) in [6.45, 7) is 0.307. The van der Waals surface area contributed by atoms with Gasteiger partial charge in [-0.05, 0) is 35.6 Å². The number of esters is 1. The molecule has 144 valence electrons. The number of amides is 1. The molecule has 0 spiro atoms. The third kappa shape index (κ3) is 2.86. The van der Waals surface area contributed by atoms with Crippen molar-refractivity contribution >= 4 is 34.2 Å². The van der Waals surface area contributed by atoms with Gasteiger partial charge in [0.2, 0.25) is 0 Å². The Labute approximate surface area is 164 Å². The number of thiophene rings is 1. The van der Waals surface area contributed by atoms with Crippen molar-refractivity contribution in [2.75, 3.05) is 20.8 Å². The number of fused-ring (bicyclic) bond motifs is 2. The number of para-hydroxylation sites is 1. The number of nitrogens with zero attached hydrogens (tertiary/aromatic N) is 1. The molecular formula is C20H17NO6S. The second kappa shape index (κ2) is 7.12. The van der Waals surface area contributed by atoms with Gasteiger partial charge >= 0.3 is 11.6 Å². The van der Waals surface area contributed by atoms with Gasteiger partial charge < -0.3 is 18.8 Å². The monoisotopic (exact) mass is 399 g/mol. The van der Waals surface area contributed by atoms with E-state index >= 15 is 0 Å². The van der Waals surface area contributed by atoms with Crippen molar-refractivity contribution in [3.63, 3.8) is 0 Å². The van der Waals surface area contributed by atoms with Crippen LogP contribution >= 0.6 is 11.3 Å². The maximum atomic E-state index is 13.2. The van der Waals surface area contributed by atoms with Gasteiger partial charge in [-0.15, -0.1) is 11.3 Å². The molecule has 1 aliphatic rings. The molecule has 3 heterocycles. The molecule has 0 N–H and O–H groups in total. The molecule has 8 heteroatoms. The highest BCUT2D eigenvalue weighted by atomic mass is 32.1. The standard InChI is InChI=1S/C20H17NO6S/c1-25-14-5-3-4-11-10-13(19(23)27-17(11)14)18(22)21-8-6-15-12(7-9-28-15)16(21)20(24)26-2/h3-5,7,9-10,16H,6,8H2,1-2H3. The molecule has 0 saturated heterocycles. The lowest BCUT2D eigenvalue weighted by molar-refractivity contribution is -0.146. The third-order valence-electron chi connectivity index (χ3n) is 4.83. The van der Waals surface area contributed by atoms with E-state index in [9.17, 15) is 14.4 Å². The van der Waals surface area contributed by atoms with Gasteiger partial charge in [-0.2, -0.15) is 0 Å². The van der Waals surface area contributed by atoms with Crippen LogP contribution in [0.1, 0.15) is 26.8 Å². The first-order valence-electron chi connectivity index (χ1n) is 8.61. The van der Waals surface area contributed by atoms with E-state index in [1.807, 2.05) is 11.4 Å². The van der Waals surface area contributed by atoms with E-state index in [2.05, 4.69) is 0 Å². The minimum Gasteiger partial charge on any atom is -0.493 e. The zero-order valence-corrected chi connectivity index (χ0v) is 16.1. The highest BCUT2D eigenvalue weighted by Gasteiger charge is 2.38. The molecular weight excluding hydrogens is 382 g/mol. The molecule has 1 aromatic carbocycles. The summed E-state index contributed by atoms with van der Waals surface area (Å²) in [5, 5.41) is 2.44. The van der Waals surface area contributed by atoms with E-state index in [0.29, 0.717) is 24.1 Å². The summed E-state index contributed by atoms with van der Waals surface area (Å²) in [4.78, 5) is 40.6. The molecule has 1 atom stereocenters. The first-order chi connectivity index (χ1) is 13.5. The summed E-state index contributed by atoms with van der Waals surface area (Å²) in [7, 11) is 2.75. The lowest BCUT2D eigenvalue weighted by atomic mass is 9.99. The average Bonchev–Trinajstić information content (AvgIpc) is 3.19. The van der Waals surface area contributed by atoms with Gasteiger partial charge in [-0.25, -0.2) is 9.59 Å². The predicted octanol–water partition coefficient (Wildman–Crippen LogP) is 2.78. The number of rotatable bonds is 3. The Morgan fingerprint density at radius 3 is 2.82 bits per heavy atom. The Bertz CT molecular complexity index is 1130. The van der Waals surface area contributed by atoms with Crippen LogP contribution in [0.4, 0.5) is 0 Å². The topological polar surface area (TPSA) is 86.1 Å². The molecule has 1 unspecified atom stereocenters. The van der Waals surface area contributed by atoms with E-state index in [4.69, 9.17) is 13.9 Å². The van der Waals surface area contributed by atoms with Gasteiger partial charge in [0.05, 0.1) is 14.2 Å². The molecule has 0 aliphatic carbocycles. The lowest BCUT2D eigenvalue weighted by Crippen LogP contribution is -2.44. The molecule has 0 bridgehead atoms. The zero-order valence-electron chi connectivity index (χ0n) is 15.3. The van der Waals surface area contributed by atoms with Gasteiger partial charge in [0.15, 0.2) is 17.4 Å². The van der Waals surface area contributed by atoms with Gasteiger partial charge in [0.25, 0.3) is 5.91 Å². The van der Waals surface area contributed by atoms with Gasteiger partial charge in [0.1, 0.15) is 5.56 Å². The quantitative estimate of drug-likeness (QED) is 0.497. The molecule has 7 nitrogen and oxygen atoms in total. The number of carbonyl (C=O) groups is 2. The number of carbonyl (C=O) groups excluding carboxylic acids is 2. The molecule has 2 aromatic heterocycles. The molecule has 1 amide bonds. The maximum absolute atomic E-state index is 13.2. The highest BCUT2D eigenvalue weighted by Crippen LogP contribution is 2.35. The number of methoxy groups -OCH3 is 2. The summed E-state index contributed by atoms with van der Waals surface area (Å²) < 4.78 is 15.5. The molecule has 3 aromatic rings. The summed E-state index contributed by atoms with van der Waals surface area (Å²) in [6, 6.07) is 7.54. The number of ether oxygens (including phenoxy) is 2. The summed E-state index contributed by atoms with van der Waals surface area (Å²) in [5.41, 5.74) is 0.105. The average molecular weight is 399 g/mol. The fourth-order valence-electron chi connectivity index (χ4n) is 3.48. The first-order valence-corrected chi connectivity index (χ1v) is 9.49. The second-order valence-electron chi connectivity index (χ2n) is 6.30. The van der Waals surface area contributed by atoms with E-state index in [1.54, 1.807) is 18.2 Å². The molecule has 0 saturated carbocycles. The smallest absolute Gasteiger partial charge is 0.349 e. The minimum absolute atomic E-state index is 0.131. The van der Waals surface area contributed by atoms with Crippen LogP contribution in [0.15, 0.2) is 44.9 Å². The fraction of sp³-hybridized carbons (Fsp3) is 0.250. The van der Waals surface area contributed by atoms with Crippen LogP contribution < -0.4 is 10.4 Å². The molecule has 0 fully saturated rings. The normalized spacial score (nSPS) is 15.9. The van der Waals surface area contributed by atoms with E-state index in [-0.39, 0.29) is 11.1 Å². The van der Waals surface area contributed by atoms with Crippen LogP contribution in [0.3, 0.4) is 0 Å². The van der Waals surface area contributed by atoms with Crippen molar-refractivity contribution in [2.24, 2.45) is 0 Å². The predicted molar refractivity (Wildman–Crippen MR) is 103 cm³/mol. The first kappa shape index (κ1) is 18.2. The Kier molecular flexibility index (Phi) is 4.64.